The van der Waals surface area contributed by atoms with Crippen molar-refractivity contribution in [2.24, 2.45) is 0 Å². The second kappa shape index (κ2) is 13.1. The van der Waals surface area contributed by atoms with Gasteiger partial charge in [-0.1, -0.05) is 6.07 Å². The van der Waals surface area contributed by atoms with Gasteiger partial charge < -0.3 is 20.5 Å². The smallest absolute Gasteiger partial charge is 0.340 e. The molecule has 2 aromatic heterocycles. The maximum Gasteiger partial charge on any atom is 0.416 e. The van der Waals surface area contributed by atoms with Crippen molar-refractivity contribution in [1.82, 2.24) is 24.2 Å². The third kappa shape index (κ3) is 8.54. The van der Waals surface area contributed by atoms with Crippen molar-refractivity contribution < 1.29 is 26.4 Å². The quantitative estimate of drug-likeness (QED) is 0.129. The number of aryl methyl sites for hydroxylation is 2. The maximum atomic E-state index is 13.6. The number of alkyl halides is 3. The molecular formula is C33H33F3N8O3S. The summed E-state index contributed by atoms with van der Waals surface area (Å²) in [5.41, 5.74) is 1.19. The zero-order valence-electron chi connectivity index (χ0n) is 26.6. The first-order chi connectivity index (χ1) is 22.4. The fourth-order valence-electron chi connectivity index (χ4n) is 4.56. The van der Waals surface area contributed by atoms with Gasteiger partial charge in [0.15, 0.2) is 0 Å². The van der Waals surface area contributed by atoms with E-state index in [2.05, 4.69) is 35.6 Å². The Hall–Kier alpha value is -5.28. The molecule has 0 aliphatic heterocycles. The summed E-state index contributed by atoms with van der Waals surface area (Å²) >= 11 is 0. The number of halogens is 3. The molecule has 0 fully saturated rings. The normalized spacial score (nSPS) is 12.1. The molecule has 11 nitrogen and oxygen atoms in total. The fourth-order valence-corrected chi connectivity index (χ4v) is 6.03. The van der Waals surface area contributed by atoms with E-state index in [-0.39, 0.29) is 27.8 Å². The SMILES string of the molecule is Cc1cn(-c2cc(NC(=O)c3ccc(Nc4ncc(C)c(Nc5cccc(S(=O)(=O)NC(C)(C)C)c5)n4)cc3)cc(C(F)(F)F)c2)cn1. The van der Waals surface area contributed by atoms with Gasteiger partial charge in [0, 0.05) is 51.8 Å². The molecule has 15 heteroatoms. The van der Waals surface area contributed by atoms with Crippen molar-refractivity contribution in [3.05, 3.63) is 108 Å². The van der Waals surface area contributed by atoms with Crippen molar-refractivity contribution in [1.29, 1.82) is 0 Å². The van der Waals surface area contributed by atoms with Crippen LogP contribution >= 0.6 is 0 Å². The van der Waals surface area contributed by atoms with E-state index in [0.717, 1.165) is 12.1 Å². The number of nitrogens with zero attached hydrogens (tertiary/aromatic N) is 4. The van der Waals surface area contributed by atoms with Crippen LogP contribution in [0.15, 0.2) is 90.3 Å². The minimum Gasteiger partial charge on any atom is -0.340 e. The number of benzene rings is 3. The molecule has 0 radical (unpaired) electrons. The maximum absolute atomic E-state index is 13.6. The number of carbonyl (C=O) groups is 1. The van der Waals surface area contributed by atoms with Gasteiger partial charge in [-0.05, 0) is 95.3 Å². The van der Waals surface area contributed by atoms with E-state index in [1.54, 1.807) is 71.3 Å². The lowest BCUT2D eigenvalue weighted by Gasteiger charge is -2.20. The highest BCUT2D eigenvalue weighted by Gasteiger charge is 2.31. The Balaban J connectivity index is 1.29. The van der Waals surface area contributed by atoms with Crippen LogP contribution in [-0.2, 0) is 16.2 Å². The van der Waals surface area contributed by atoms with Gasteiger partial charge in [0.25, 0.3) is 5.91 Å². The van der Waals surface area contributed by atoms with Crippen LogP contribution in [0.4, 0.5) is 42.0 Å². The molecule has 1 amide bonds. The summed E-state index contributed by atoms with van der Waals surface area (Å²) in [6, 6.07) is 15.9. The lowest BCUT2D eigenvalue weighted by molar-refractivity contribution is -0.137. The van der Waals surface area contributed by atoms with Crippen molar-refractivity contribution in [3.8, 4) is 5.69 Å². The van der Waals surface area contributed by atoms with Crippen LogP contribution in [0.5, 0.6) is 0 Å². The third-order valence-corrected chi connectivity index (χ3v) is 8.49. The van der Waals surface area contributed by atoms with Crippen molar-refractivity contribution in [3.63, 3.8) is 0 Å². The summed E-state index contributed by atoms with van der Waals surface area (Å²) in [6.45, 7) is 8.79. The van der Waals surface area contributed by atoms with Gasteiger partial charge in [-0.3, -0.25) is 4.79 Å². The number of anilines is 5. The fraction of sp³-hybridized carbons (Fsp3) is 0.212. The number of imidazole rings is 1. The molecule has 0 spiro atoms. The molecular weight excluding hydrogens is 645 g/mol. The van der Waals surface area contributed by atoms with E-state index >= 15 is 0 Å². The van der Waals surface area contributed by atoms with Gasteiger partial charge in [-0.25, -0.2) is 23.1 Å². The summed E-state index contributed by atoms with van der Waals surface area (Å²) in [5, 5.41) is 8.74. The van der Waals surface area contributed by atoms with Gasteiger partial charge in [0.2, 0.25) is 16.0 Å². The molecule has 2 heterocycles. The number of nitrogens with one attached hydrogen (secondary N) is 4. The van der Waals surface area contributed by atoms with E-state index in [0.29, 0.717) is 28.5 Å². The first-order valence-corrected chi connectivity index (χ1v) is 16.1. The van der Waals surface area contributed by atoms with Gasteiger partial charge >= 0.3 is 6.18 Å². The molecule has 0 atom stereocenters. The summed E-state index contributed by atoms with van der Waals surface area (Å²) in [6.07, 6.45) is -0.0495. The van der Waals surface area contributed by atoms with Gasteiger partial charge in [-0.15, -0.1) is 0 Å². The van der Waals surface area contributed by atoms with Crippen LogP contribution in [-0.4, -0.2) is 39.4 Å². The molecule has 0 saturated carbocycles. The molecule has 0 aliphatic carbocycles. The Morgan fingerprint density at radius 3 is 2.23 bits per heavy atom. The largest absolute Gasteiger partial charge is 0.416 e. The number of amides is 1. The Labute approximate surface area is 275 Å². The van der Waals surface area contributed by atoms with Crippen LogP contribution in [0.3, 0.4) is 0 Å². The molecule has 0 bridgehead atoms. The summed E-state index contributed by atoms with van der Waals surface area (Å²) < 4.78 is 70.6. The summed E-state index contributed by atoms with van der Waals surface area (Å²) in [5.74, 6) is 0.0616. The van der Waals surface area contributed by atoms with Gasteiger partial charge in [-0.2, -0.15) is 18.2 Å². The monoisotopic (exact) mass is 678 g/mol. The molecule has 48 heavy (non-hydrogen) atoms. The number of rotatable bonds is 9. The first kappa shape index (κ1) is 34.1. The number of sulfonamides is 1. The van der Waals surface area contributed by atoms with E-state index < -0.39 is 33.2 Å². The van der Waals surface area contributed by atoms with Gasteiger partial charge in [0.1, 0.15) is 5.82 Å². The van der Waals surface area contributed by atoms with Crippen LogP contribution in [0.1, 0.15) is 48.0 Å². The third-order valence-electron chi connectivity index (χ3n) is 6.74. The molecule has 3 aromatic carbocycles. The lowest BCUT2D eigenvalue weighted by atomic mass is 10.1. The highest BCUT2D eigenvalue weighted by Crippen LogP contribution is 2.33. The van der Waals surface area contributed by atoms with Crippen LogP contribution in [0.2, 0.25) is 0 Å². The Bertz CT molecular complexity index is 2070. The van der Waals surface area contributed by atoms with Crippen LogP contribution in [0, 0.1) is 13.8 Å². The second-order valence-electron chi connectivity index (χ2n) is 12.1. The average Bonchev–Trinajstić information content (AvgIpc) is 3.44. The number of carbonyl (C=O) groups excluding carboxylic acids is 1. The minimum atomic E-state index is -4.62. The Morgan fingerprint density at radius 2 is 1.58 bits per heavy atom. The van der Waals surface area contributed by atoms with E-state index in [9.17, 15) is 26.4 Å². The Kier molecular flexibility index (Phi) is 9.28. The van der Waals surface area contributed by atoms with E-state index in [4.69, 9.17) is 0 Å². The van der Waals surface area contributed by atoms with Crippen molar-refractivity contribution in [2.45, 2.75) is 51.2 Å². The predicted octanol–water partition coefficient (Wildman–Crippen LogP) is 7.11. The zero-order chi connectivity index (χ0) is 34.9. The Morgan fingerprint density at radius 1 is 0.854 bits per heavy atom. The molecule has 0 unspecified atom stereocenters. The number of aromatic nitrogens is 4. The highest BCUT2D eigenvalue weighted by atomic mass is 32.2. The predicted molar refractivity (Wildman–Crippen MR) is 178 cm³/mol. The molecule has 250 valence electrons. The molecule has 0 saturated heterocycles. The number of hydrogen-bond acceptors (Lipinski definition) is 8. The minimum absolute atomic E-state index is 0.0277. The summed E-state index contributed by atoms with van der Waals surface area (Å²) in [4.78, 5) is 26.0. The molecule has 4 N–H and O–H groups in total. The number of hydrogen-bond donors (Lipinski definition) is 4. The first-order valence-electron chi connectivity index (χ1n) is 14.6. The van der Waals surface area contributed by atoms with Crippen molar-refractivity contribution >= 4 is 44.8 Å². The van der Waals surface area contributed by atoms with Gasteiger partial charge in [0.05, 0.1) is 22.5 Å². The highest BCUT2D eigenvalue weighted by molar-refractivity contribution is 7.89. The molecule has 5 aromatic rings. The van der Waals surface area contributed by atoms with Crippen LogP contribution in [0.25, 0.3) is 5.69 Å². The van der Waals surface area contributed by atoms with E-state index in [1.165, 1.54) is 41.2 Å². The van der Waals surface area contributed by atoms with E-state index in [1.807, 2.05) is 0 Å². The second-order valence-corrected chi connectivity index (χ2v) is 13.8. The lowest BCUT2D eigenvalue weighted by Crippen LogP contribution is -2.40. The molecule has 5 rings (SSSR count). The zero-order valence-corrected chi connectivity index (χ0v) is 27.5. The molecule has 0 aliphatic rings. The van der Waals surface area contributed by atoms with Crippen molar-refractivity contribution in [2.75, 3.05) is 16.0 Å². The average molecular weight is 679 g/mol. The van der Waals surface area contributed by atoms with Crippen LogP contribution < -0.4 is 20.7 Å². The standard InChI is InChI=1S/C33H33F3N8O3S/c1-20-17-37-31(42-29(20)39-25-7-6-8-28(16-25)48(46,47)43-32(3,4)5)41-24-11-9-22(10-12-24)30(45)40-26-13-23(33(34,35)36)14-27(15-26)44-18-21(2)38-19-44/h6-19,43H,1-5H3,(H,40,45)(H2,37,39,41,42). The summed E-state index contributed by atoms with van der Waals surface area (Å²) in [7, 11) is -3.75. The topological polar surface area (TPSA) is 143 Å².